The molecule has 0 spiro atoms. The molecule has 5 heteroatoms. The zero-order valence-corrected chi connectivity index (χ0v) is 14.2. The Morgan fingerprint density at radius 3 is 2.36 bits per heavy atom. The van der Waals surface area contributed by atoms with Crippen LogP contribution in [-0.4, -0.2) is 38.9 Å². The van der Waals surface area contributed by atoms with Crippen molar-refractivity contribution >= 4 is 5.97 Å². The third kappa shape index (κ3) is 6.80. The van der Waals surface area contributed by atoms with Gasteiger partial charge in [-0.1, -0.05) is 6.07 Å². The van der Waals surface area contributed by atoms with Gasteiger partial charge in [-0.3, -0.25) is 4.79 Å². The normalized spacial score (nSPS) is 11.1. The quantitative estimate of drug-likeness (QED) is 0.591. The van der Waals surface area contributed by atoms with Crippen LogP contribution in [0.15, 0.2) is 18.2 Å². The molecule has 0 saturated carbocycles. The highest BCUT2D eigenvalue weighted by Gasteiger charge is 2.15. The summed E-state index contributed by atoms with van der Waals surface area (Å²) in [5, 5.41) is 3.24. The molecule has 0 fully saturated rings. The number of benzene rings is 1. The van der Waals surface area contributed by atoms with E-state index < -0.39 is 5.60 Å². The monoisotopic (exact) mass is 309 g/mol. The van der Waals surface area contributed by atoms with Crippen LogP contribution in [0.5, 0.6) is 11.5 Å². The fourth-order valence-electron chi connectivity index (χ4n) is 1.98. The van der Waals surface area contributed by atoms with E-state index >= 15 is 0 Å². The number of hydrogen-bond donors (Lipinski definition) is 1. The summed E-state index contributed by atoms with van der Waals surface area (Å²) in [6, 6.07) is 5.88. The molecule has 0 heterocycles. The minimum atomic E-state index is -0.420. The molecule has 0 atom stereocenters. The van der Waals surface area contributed by atoms with Crippen molar-refractivity contribution in [3.63, 3.8) is 0 Å². The van der Waals surface area contributed by atoms with E-state index in [1.54, 1.807) is 14.2 Å². The van der Waals surface area contributed by atoms with E-state index in [9.17, 15) is 4.79 Å². The van der Waals surface area contributed by atoms with Gasteiger partial charge in [-0.05, 0) is 51.4 Å². The van der Waals surface area contributed by atoms with Gasteiger partial charge in [-0.2, -0.15) is 0 Å². The van der Waals surface area contributed by atoms with Crippen LogP contribution in [0.1, 0.15) is 32.8 Å². The Bertz CT molecular complexity index is 480. The van der Waals surface area contributed by atoms with Crippen LogP contribution in [0.3, 0.4) is 0 Å². The van der Waals surface area contributed by atoms with Gasteiger partial charge in [-0.15, -0.1) is 0 Å². The Balaban J connectivity index is 2.29. The summed E-state index contributed by atoms with van der Waals surface area (Å²) < 4.78 is 15.7. The summed E-state index contributed by atoms with van der Waals surface area (Å²) in [6.45, 7) is 7.01. The summed E-state index contributed by atoms with van der Waals surface area (Å²) in [7, 11) is 3.25. The first-order valence-electron chi connectivity index (χ1n) is 7.49. The summed E-state index contributed by atoms with van der Waals surface area (Å²) in [4.78, 5) is 11.6. The highest BCUT2D eigenvalue weighted by atomic mass is 16.6. The number of rotatable bonds is 8. The summed E-state index contributed by atoms with van der Waals surface area (Å²) >= 11 is 0. The Morgan fingerprint density at radius 2 is 1.77 bits per heavy atom. The number of methoxy groups -OCH3 is 2. The molecule has 0 aromatic heterocycles. The van der Waals surface area contributed by atoms with Gasteiger partial charge in [0.1, 0.15) is 5.60 Å². The van der Waals surface area contributed by atoms with Crippen molar-refractivity contribution in [3.8, 4) is 11.5 Å². The largest absolute Gasteiger partial charge is 0.493 e. The molecule has 124 valence electrons. The molecule has 0 aliphatic heterocycles. The van der Waals surface area contributed by atoms with Crippen molar-refractivity contribution in [2.24, 2.45) is 0 Å². The predicted molar refractivity (Wildman–Crippen MR) is 86.6 cm³/mol. The zero-order valence-electron chi connectivity index (χ0n) is 14.2. The van der Waals surface area contributed by atoms with Crippen LogP contribution in [0.25, 0.3) is 0 Å². The highest BCUT2D eigenvalue weighted by molar-refractivity contribution is 5.70. The van der Waals surface area contributed by atoms with Gasteiger partial charge in [0.05, 0.1) is 20.6 Å². The Morgan fingerprint density at radius 1 is 1.09 bits per heavy atom. The van der Waals surface area contributed by atoms with Gasteiger partial charge in [0.25, 0.3) is 0 Å². The second-order valence-corrected chi connectivity index (χ2v) is 6.03. The lowest BCUT2D eigenvalue weighted by Crippen LogP contribution is -2.27. The molecule has 0 aliphatic rings. The summed E-state index contributed by atoms with van der Waals surface area (Å²) in [6.07, 6.45) is 1.23. The maximum atomic E-state index is 11.6. The fraction of sp³-hybridized carbons (Fsp3) is 0.588. The Labute approximate surface area is 132 Å². The lowest BCUT2D eigenvalue weighted by Gasteiger charge is -2.19. The van der Waals surface area contributed by atoms with Crippen LogP contribution in [0.2, 0.25) is 0 Å². The minimum absolute atomic E-state index is 0.175. The molecule has 1 aromatic carbocycles. The molecule has 0 radical (unpaired) electrons. The third-order valence-electron chi connectivity index (χ3n) is 2.96. The lowest BCUT2D eigenvalue weighted by atomic mass is 10.1. The standard InChI is InChI=1S/C17H27NO4/c1-17(2,3)22-16(19)9-11-18-10-8-13-6-7-14(20-4)15(12-13)21-5/h6-7,12,18H,8-11H2,1-5H3. The van der Waals surface area contributed by atoms with Crippen molar-refractivity contribution in [2.45, 2.75) is 39.2 Å². The van der Waals surface area contributed by atoms with E-state index in [0.29, 0.717) is 13.0 Å². The van der Waals surface area contributed by atoms with Gasteiger partial charge >= 0.3 is 5.97 Å². The van der Waals surface area contributed by atoms with Gasteiger partial charge in [-0.25, -0.2) is 0 Å². The fourth-order valence-corrected chi connectivity index (χ4v) is 1.98. The van der Waals surface area contributed by atoms with Gasteiger partial charge in [0.2, 0.25) is 0 Å². The molecule has 1 rings (SSSR count). The molecule has 0 aliphatic carbocycles. The van der Waals surface area contributed by atoms with Crippen molar-refractivity contribution in [1.82, 2.24) is 5.32 Å². The van der Waals surface area contributed by atoms with Gasteiger partial charge in [0, 0.05) is 6.54 Å². The minimum Gasteiger partial charge on any atom is -0.493 e. The average Bonchev–Trinajstić information content (AvgIpc) is 2.44. The molecular formula is C17H27NO4. The SMILES string of the molecule is COc1ccc(CCNCCC(=O)OC(C)(C)C)cc1OC. The number of hydrogen-bond acceptors (Lipinski definition) is 5. The van der Waals surface area contributed by atoms with Gasteiger partial charge < -0.3 is 19.5 Å². The smallest absolute Gasteiger partial charge is 0.307 e. The van der Waals surface area contributed by atoms with Gasteiger partial charge in [0.15, 0.2) is 11.5 Å². The molecule has 5 nitrogen and oxygen atoms in total. The Hall–Kier alpha value is -1.75. The van der Waals surface area contributed by atoms with Crippen molar-refractivity contribution < 1.29 is 19.0 Å². The van der Waals surface area contributed by atoms with Crippen LogP contribution >= 0.6 is 0 Å². The predicted octanol–water partition coefficient (Wildman–Crippen LogP) is 2.57. The van der Waals surface area contributed by atoms with E-state index in [1.807, 2.05) is 39.0 Å². The zero-order chi connectivity index (χ0) is 16.6. The van der Waals surface area contributed by atoms with Crippen molar-refractivity contribution in [1.29, 1.82) is 0 Å². The van der Waals surface area contributed by atoms with E-state index in [1.165, 1.54) is 0 Å². The highest BCUT2D eigenvalue weighted by Crippen LogP contribution is 2.27. The molecule has 0 unspecified atom stereocenters. The second-order valence-electron chi connectivity index (χ2n) is 6.03. The molecule has 0 bridgehead atoms. The molecule has 0 saturated heterocycles. The number of nitrogens with one attached hydrogen (secondary N) is 1. The Kier molecular flexibility index (Phi) is 7.18. The average molecular weight is 309 g/mol. The first-order valence-corrected chi connectivity index (χ1v) is 7.49. The van der Waals surface area contributed by atoms with Crippen LogP contribution in [-0.2, 0) is 16.0 Å². The second kappa shape index (κ2) is 8.63. The van der Waals surface area contributed by atoms with Crippen LogP contribution < -0.4 is 14.8 Å². The van der Waals surface area contributed by atoms with Crippen molar-refractivity contribution in [3.05, 3.63) is 23.8 Å². The molecule has 1 N–H and O–H groups in total. The van der Waals surface area contributed by atoms with Crippen LogP contribution in [0, 0.1) is 0 Å². The lowest BCUT2D eigenvalue weighted by molar-refractivity contribution is -0.154. The first-order chi connectivity index (χ1) is 10.4. The number of esters is 1. The molecule has 22 heavy (non-hydrogen) atoms. The number of ether oxygens (including phenoxy) is 3. The summed E-state index contributed by atoms with van der Waals surface area (Å²) in [5.41, 5.74) is 0.735. The third-order valence-corrected chi connectivity index (χ3v) is 2.96. The topological polar surface area (TPSA) is 56.8 Å². The van der Waals surface area contributed by atoms with E-state index in [0.717, 1.165) is 30.0 Å². The molecule has 0 amide bonds. The molecule has 1 aromatic rings. The molecular weight excluding hydrogens is 282 g/mol. The maximum Gasteiger partial charge on any atom is 0.307 e. The number of carbonyl (C=O) groups is 1. The van der Waals surface area contributed by atoms with E-state index in [2.05, 4.69) is 5.32 Å². The van der Waals surface area contributed by atoms with E-state index in [-0.39, 0.29) is 5.97 Å². The van der Waals surface area contributed by atoms with Crippen molar-refractivity contribution in [2.75, 3.05) is 27.3 Å². The maximum absolute atomic E-state index is 11.6. The van der Waals surface area contributed by atoms with E-state index in [4.69, 9.17) is 14.2 Å². The first kappa shape index (κ1) is 18.3. The number of carbonyl (C=O) groups excluding carboxylic acids is 1. The van der Waals surface area contributed by atoms with Crippen LogP contribution in [0.4, 0.5) is 0 Å². The summed E-state index contributed by atoms with van der Waals surface area (Å²) in [5.74, 6) is 1.28.